The van der Waals surface area contributed by atoms with Crippen molar-refractivity contribution in [1.82, 2.24) is 10.6 Å². The lowest BCUT2D eigenvalue weighted by Crippen LogP contribution is -2.40. The molecule has 120 valence electrons. The van der Waals surface area contributed by atoms with Gasteiger partial charge in [-0.3, -0.25) is 9.59 Å². The van der Waals surface area contributed by atoms with Crippen molar-refractivity contribution in [3.63, 3.8) is 0 Å². The summed E-state index contributed by atoms with van der Waals surface area (Å²) in [6.07, 6.45) is 0. The van der Waals surface area contributed by atoms with Gasteiger partial charge < -0.3 is 20.7 Å². The third kappa shape index (κ3) is 5.69. The number of aryl methyl sites for hydroxylation is 3. The molecule has 0 aromatic heterocycles. The largest absolute Gasteiger partial charge is 0.468 e. The van der Waals surface area contributed by atoms with Gasteiger partial charge in [0, 0.05) is 5.69 Å². The van der Waals surface area contributed by atoms with Crippen molar-refractivity contribution in [2.75, 3.05) is 25.5 Å². The highest BCUT2D eigenvalue weighted by atomic mass is 32.1. The molecule has 0 aliphatic rings. The average Bonchev–Trinajstić information content (AvgIpc) is 2.48. The highest BCUT2D eigenvalue weighted by Crippen LogP contribution is 2.19. The Morgan fingerprint density at radius 2 is 1.68 bits per heavy atom. The Balaban J connectivity index is 2.45. The summed E-state index contributed by atoms with van der Waals surface area (Å²) in [6.45, 7) is 5.88. The Bertz CT molecular complexity index is 588. The van der Waals surface area contributed by atoms with E-state index in [4.69, 9.17) is 12.2 Å². The van der Waals surface area contributed by atoms with E-state index in [1.807, 2.05) is 26.8 Å². The number of carbonyl (C=O) groups is 2. The smallest absolute Gasteiger partial charge is 0.325 e. The monoisotopic (exact) mass is 323 g/mol. The fraction of sp³-hybridized carbons (Fsp3) is 0.400. The molecule has 0 aliphatic carbocycles. The van der Waals surface area contributed by atoms with Crippen LogP contribution in [-0.2, 0) is 14.3 Å². The van der Waals surface area contributed by atoms with Gasteiger partial charge in [0.1, 0.15) is 6.54 Å². The summed E-state index contributed by atoms with van der Waals surface area (Å²) >= 11 is 5.15. The lowest BCUT2D eigenvalue weighted by molar-refractivity contribution is -0.141. The second kappa shape index (κ2) is 8.33. The molecule has 0 radical (unpaired) electrons. The van der Waals surface area contributed by atoms with E-state index >= 15 is 0 Å². The second-order valence-electron chi connectivity index (χ2n) is 4.91. The minimum absolute atomic E-state index is 0.0211. The van der Waals surface area contributed by atoms with Gasteiger partial charge in [0.05, 0.1) is 13.7 Å². The lowest BCUT2D eigenvalue weighted by atomic mass is 10.1. The summed E-state index contributed by atoms with van der Waals surface area (Å²) in [5.74, 6) is -0.842. The van der Waals surface area contributed by atoms with Gasteiger partial charge in [-0.05, 0) is 55.7 Å². The van der Waals surface area contributed by atoms with Crippen LogP contribution in [0, 0.1) is 20.8 Å². The fourth-order valence-electron chi connectivity index (χ4n) is 1.73. The highest BCUT2D eigenvalue weighted by Gasteiger charge is 2.07. The van der Waals surface area contributed by atoms with Gasteiger partial charge in [-0.1, -0.05) is 6.07 Å². The number of ether oxygens (including phenoxy) is 1. The summed E-state index contributed by atoms with van der Waals surface area (Å²) in [6, 6.07) is 4.08. The van der Waals surface area contributed by atoms with Gasteiger partial charge in [0.25, 0.3) is 0 Å². The van der Waals surface area contributed by atoms with Crippen molar-refractivity contribution in [3.8, 4) is 0 Å². The minimum Gasteiger partial charge on any atom is -0.468 e. The van der Waals surface area contributed by atoms with Crippen LogP contribution in [0.5, 0.6) is 0 Å². The first kappa shape index (κ1) is 17.9. The predicted octanol–water partition coefficient (Wildman–Crippen LogP) is 1.19. The van der Waals surface area contributed by atoms with Crippen LogP contribution < -0.4 is 16.0 Å². The number of anilines is 1. The molecule has 22 heavy (non-hydrogen) atoms. The van der Waals surface area contributed by atoms with E-state index < -0.39 is 5.97 Å². The van der Waals surface area contributed by atoms with Crippen LogP contribution in [0.1, 0.15) is 16.7 Å². The molecule has 1 amide bonds. The number of hydrogen-bond donors (Lipinski definition) is 3. The normalized spacial score (nSPS) is 9.82. The lowest BCUT2D eigenvalue weighted by Gasteiger charge is -2.14. The molecular weight excluding hydrogens is 302 g/mol. The molecule has 0 spiro atoms. The fourth-order valence-corrected chi connectivity index (χ4v) is 1.91. The number of carbonyl (C=O) groups excluding carboxylic acids is 2. The van der Waals surface area contributed by atoms with E-state index in [2.05, 4.69) is 26.8 Å². The van der Waals surface area contributed by atoms with Gasteiger partial charge in [-0.25, -0.2) is 0 Å². The molecule has 0 unspecified atom stereocenters. The quantitative estimate of drug-likeness (QED) is 0.558. The third-order valence-electron chi connectivity index (χ3n) is 3.16. The van der Waals surface area contributed by atoms with E-state index in [1.165, 1.54) is 12.7 Å². The Morgan fingerprint density at radius 1 is 1.05 bits per heavy atom. The van der Waals surface area contributed by atoms with Crippen LogP contribution >= 0.6 is 12.2 Å². The Labute approximate surface area is 135 Å². The predicted molar refractivity (Wildman–Crippen MR) is 89.9 cm³/mol. The van der Waals surface area contributed by atoms with Crippen molar-refractivity contribution in [1.29, 1.82) is 0 Å². The van der Waals surface area contributed by atoms with Crippen LogP contribution in [0.15, 0.2) is 12.1 Å². The molecule has 0 heterocycles. The van der Waals surface area contributed by atoms with Crippen molar-refractivity contribution in [2.45, 2.75) is 20.8 Å². The number of amides is 1. The van der Waals surface area contributed by atoms with Gasteiger partial charge in [-0.15, -0.1) is 0 Å². The highest BCUT2D eigenvalue weighted by molar-refractivity contribution is 7.80. The van der Waals surface area contributed by atoms with Crippen LogP contribution in [0.4, 0.5) is 5.69 Å². The maximum atomic E-state index is 11.5. The zero-order valence-electron chi connectivity index (χ0n) is 13.2. The van der Waals surface area contributed by atoms with Crippen LogP contribution in [0.2, 0.25) is 0 Å². The van der Waals surface area contributed by atoms with Crippen molar-refractivity contribution >= 4 is 34.9 Å². The summed E-state index contributed by atoms with van der Waals surface area (Å²) in [5, 5.41) is 8.61. The number of thiocarbonyl (C=S) groups is 1. The average molecular weight is 323 g/mol. The Morgan fingerprint density at radius 3 is 2.32 bits per heavy atom. The van der Waals surface area contributed by atoms with Crippen LogP contribution in [-0.4, -0.2) is 37.2 Å². The minimum atomic E-state index is -0.500. The summed E-state index contributed by atoms with van der Waals surface area (Å²) in [4.78, 5) is 22.4. The van der Waals surface area contributed by atoms with Crippen LogP contribution in [0.3, 0.4) is 0 Å². The summed E-state index contributed by atoms with van der Waals surface area (Å²) < 4.78 is 4.43. The molecule has 0 fully saturated rings. The van der Waals surface area contributed by atoms with Gasteiger partial charge in [0.2, 0.25) is 5.91 Å². The maximum absolute atomic E-state index is 11.5. The number of esters is 1. The number of nitrogens with one attached hydrogen (secondary N) is 3. The molecule has 1 rings (SSSR count). The molecule has 0 atom stereocenters. The third-order valence-corrected chi connectivity index (χ3v) is 3.40. The number of benzene rings is 1. The van der Waals surface area contributed by atoms with E-state index in [-0.39, 0.29) is 19.0 Å². The number of hydrogen-bond acceptors (Lipinski definition) is 4. The topological polar surface area (TPSA) is 79.5 Å². The molecule has 0 bridgehead atoms. The second-order valence-corrected chi connectivity index (χ2v) is 5.32. The number of rotatable bonds is 5. The first-order chi connectivity index (χ1) is 10.3. The zero-order valence-corrected chi connectivity index (χ0v) is 14.0. The molecule has 6 nitrogen and oxygen atoms in total. The zero-order chi connectivity index (χ0) is 16.7. The van der Waals surface area contributed by atoms with E-state index in [0.717, 1.165) is 16.8 Å². The first-order valence-electron chi connectivity index (χ1n) is 6.79. The van der Waals surface area contributed by atoms with Gasteiger partial charge >= 0.3 is 5.97 Å². The van der Waals surface area contributed by atoms with Gasteiger partial charge in [0.15, 0.2) is 5.11 Å². The van der Waals surface area contributed by atoms with Crippen molar-refractivity contribution < 1.29 is 14.3 Å². The van der Waals surface area contributed by atoms with Gasteiger partial charge in [-0.2, -0.15) is 0 Å². The van der Waals surface area contributed by atoms with E-state index in [1.54, 1.807) is 0 Å². The molecule has 1 aromatic rings. The van der Waals surface area contributed by atoms with Crippen molar-refractivity contribution in [3.05, 3.63) is 28.8 Å². The summed E-state index contributed by atoms with van der Waals surface area (Å²) in [5.41, 5.74) is 4.34. The first-order valence-corrected chi connectivity index (χ1v) is 7.20. The standard InChI is InChI=1S/C15H21N3O3S/c1-9-5-11(3)12(6-10(9)2)18-15(22)17-7-13(19)16-8-14(20)21-4/h5-6H,7-8H2,1-4H3,(H,16,19)(H2,17,18,22). The molecule has 3 N–H and O–H groups in total. The van der Waals surface area contributed by atoms with Crippen molar-refractivity contribution in [2.24, 2.45) is 0 Å². The summed E-state index contributed by atoms with van der Waals surface area (Å²) in [7, 11) is 1.26. The van der Waals surface area contributed by atoms with E-state index in [0.29, 0.717) is 5.11 Å². The van der Waals surface area contributed by atoms with Crippen LogP contribution in [0.25, 0.3) is 0 Å². The Kier molecular flexibility index (Phi) is 6.78. The molecule has 0 saturated heterocycles. The number of methoxy groups -OCH3 is 1. The SMILES string of the molecule is COC(=O)CNC(=O)CNC(=S)Nc1cc(C)c(C)cc1C. The molecular formula is C15H21N3O3S. The molecule has 1 aromatic carbocycles. The Hall–Kier alpha value is -2.15. The van der Waals surface area contributed by atoms with E-state index in [9.17, 15) is 9.59 Å². The molecule has 0 aliphatic heterocycles. The molecule has 0 saturated carbocycles. The maximum Gasteiger partial charge on any atom is 0.325 e. The molecule has 7 heteroatoms.